The molecular weight excluding hydrogens is 394 g/mol. The Bertz CT molecular complexity index is 1170. The van der Waals surface area contributed by atoms with Gasteiger partial charge in [-0.25, -0.2) is 4.98 Å². The smallest absolute Gasteiger partial charge is 0.254 e. The minimum atomic E-state index is -0.253. The molecule has 2 amide bonds. The van der Waals surface area contributed by atoms with Gasteiger partial charge in [-0.2, -0.15) is 0 Å². The van der Waals surface area contributed by atoms with Crippen LogP contribution in [0.5, 0.6) is 0 Å². The molecular formula is C23H23N5O3. The van der Waals surface area contributed by atoms with Gasteiger partial charge in [-0.3, -0.25) is 19.4 Å². The minimum Gasteiger partial charge on any atom is -0.326 e. The number of aryl methyl sites for hydroxylation is 1. The zero-order chi connectivity index (χ0) is 21.8. The summed E-state index contributed by atoms with van der Waals surface area (Å²) >= 11 is 0. The van der Waals surface area contributed by atoms with E-state index >= 15 is 0 Å². The number of carbonyl (C=O) groups excluding carboxylic acids is 2. The van der Waals surface area contributed by atoms with Crippen LogP contribution in [0.3, 0.4) is 0 Å². The number of rotatable bonds is 7. The molecule has 158 valence electrons. The summed E-state index contributed by atoms with van der Waals surface area (Å²) in [5.41, 5.74) is 2.84. The molecule has 2 heterocycles. The van der Waals surface area contributed by atoms with Crippen LogP contribution in [0.25, 0.3) is 11.4 Å². The van der Waals surface area contributed by atoms with E-state index in [1.165, 1.54) is 0 Å². The molecule has 8 heteroatoms. The molecule has 0 unspecified atom stereocenters. The van der Waals surface area contributed by atoms with E-state index in [1.54, 1.807) is 55.7 Å². The lowest BCUT2D eigenvalue weighted by Crippen LogP contribution is -2.20. The maximum Gasteiger partial charge on any atom is 0.254 e. The number of hydrogen-bond donors (Lipinski definition) is 3. The quantitative estimate of drug-likeness (QED) is 0.546. The predicted octanol–water partition coefficient (Wildman–Crippen LogP) is 3.06. The van der Waals surface area contributed by atoms with Gasteiger partial charge in [0, 0.05) is 52.9 Å². The lowest BCUT2D eigenvalue weighted by Gasteiger charge is -2.10. The fourth-order valence-corrected chi connectivity index (χ4v) is 3.28. The SMILES string of the molecule is Cc1nc(-c2ccncc2)[nH]c(=O)c1CCC(=O)Nc1cccc(NC(=O)C2CC2)c1. The number of aromatic amines is 1. The lowest BCUT2D eigenvalue weighted by molar-refractivity contribution is -0.117. The molecule has 1 aromatic carbocycles. The van der Waals surface area contributed by atoms with Gasteiger partial charge >= 0.3 is 0 Å². The third-order valence-corrected chi connectivity index (χ3v) is 5.14. The molecule has 2 aromatic heterocycles. The first-order valence-electron chi connectivity index (χ1n) is 10.2. The summed E-state index contributed by atoms with van der Waals surface area (Å²) in [5, 5.41) is 5.68. The van der Waals surface area contributed by atoms with Crippen LogP contribution in [-0.4, -0.2) is 26.8 Å². The summed E-state index contributed by atoms with van der Waals surface area (Å²) in [4.78, 5) is 48.1. The van der Waals surface area contributed by atoms with E-state index in [0.29, 0.717) is 28.5 Å². The van der Waals surface area contributed by atoms with Crippen LogP contribution in [0.2, 0.25) is 0 Å². The summed E-state index contributed by atoms with van der Waals surface area (Å²) in [5.74, 6) is 0.380. The van der Waals surface area contributed by atoms with Crippen molar-refractivity contribution in [2.75, 3.05) is 10.6 Å². The molecule has 8 nitrogen and oxygen atoms in total. The second-order valence-electron chi connectivity index (χ2n) is 7.61. The normalized spacial score (nSPS) is 12.9. The summed E-state index contributed by atoms with van der Waals surface area (Å²) < 4.78 is 0. The average molecular weight is 417 g/mol. The fraction of sp³-hybridized carbons (Fsp3) is 0.261. The Labute approximate surface area is 179 Å². The number of nitrogens with zero attached hydrogens (tertiary/aromatic N) is 2. The molecule has 1 saturated carbocycles. The maximum atomic E-state index is 12.5. The van der Waals surface area contributed by atoms with Crippen molar-refractivity contribution >= 4 is 23.2 Å². The summed E-state index contributed by atoms with van der Waals surface area (Å²) in [7, 11) is 0. The number of anilines is 2. The van der Waals surface area contributed by atoms with E-state index in [0.717, 1.165) is 18.4 Å². The Hall–Kier alpha value is -3.81. The summed E-state index contributed by atoms with van der Waals surface area (Å²) in [6.07, 6.45) is 5.54. The van der Waals surface area contributed by atoms with Crippen molar-refractivity contribution in [2.24, 2.45) is 5.92 Å². The first kappa shape index (κ1) is 20.5. The molecule has 4 rings (SSSR count). The van der Waals surface area contributed by atoms with Crippen LogP contribution >= 0.6 is 0 Å². The van der Waals surface area contributed by atoms with Gasteiger partial charge < -0.3 is 15.6 Å². The van der Waals surface area contributed by atoms with Crippen molar-refractivity contribution in [1.82, 2.24) is 15.0 Å². The largest absolute Gasteiger partial charge is 0.326 e. The third kappa shape index (κ3) is 5.22. The first-order valence-corrected chi connectivity index (χ1v) is 10.2. The van der Waals surface area contributed by atoms with Gasteiger partial charge in [-0.1, -0.05) is 6.07 Å². The average Bonchev–Trinajstić information content (AvgIpc) is 3.59. The van der Waals surface area contributed by atoms with Gasteiger partial charge in [0.15, 0.2) is 0 Å². The molecule has 1 fully saturated rings. The van der Waals surface area contributed by atoms with Crippen LogP contribution in [0.15, 0.2) is 53.6 Å². The monoisotopic (exact) mass is 417 g/mol. The van der Waals surface area contributed by atoms with Crippen LogP contribution in [0.4, 0.5) is 11.4 Å². The standard InChI is InChI=1S/C23H23N5O3/c1-14-19(23(31)28-21(25-14)15-9-11-24-12-10-15)7-8-20(29)26-17-3-2-4-18(13-17)27-22(30)16-5-6-16/h2-4,9-13,16H,5-8H2,1H3,(H,26,29)(H,27,30)(H,25,28,31). The number of benzene rings is 1. The Morgan fingerprint density at radius 3 is 2.48 bits per heavy atom. The van der Waals surface area contributed by atoms with Gasteiger partial charge in [0.05, 0.1) is 0 Å². The summed E-state index contributed by atoms with van der Waals surface area (Å²) in [6.45, 7) is 1.76. The lowest BCUT2D eigenvalue weighted by atomic mass is 10.1. The van der Waals surface area contributed by atoms with E-state index in [2.05, 4.69) is 25.6 Å². The zero-order valence-electron chi connectivity index (χ0n) is 17.1. The maximum absolute atomic E-state index is 12.5. The number of nitrogens with one attached hydrogen (secondary N) is 3. The van der Waals surface area contributed by atoms with Gasteiger partial charge in [0.1, 0.15) is 5.82 Å². The van der Waals surface area contributed by atoms with Gasteiger partial charge in [0.25, 0.3) is 5.56 Å². The fourth-order valence-electron chi connectivity index (χ4n) is 3.28. The predicted molar refractivity (Wildman–Crippen MR) is 118 cm³/mol. The highest BCUT2D eigenvalue weighted by atomic mass is 16.2. The van der Waals surface area contributed by atoms with E-state index in [4.69, 9.17) is 0 Å². The van der Waals surface area contributed by atoms with E-state index in [-0.39, 0.29) is 36.1 Å². The Morgan fingerprint density at radius 1 is 1.10 bits per heavy atom. The molecule has 3 N–H and O–H groups in total. The molecule has 0 atom stereocenters. The van der Waals surface area contributed by atoms with Crippen molar-refractivity contribution < 1.29 is 9.59 Å². The third-order valence-electron chi connectivity index (χ3n) is 5.14. The van der Waals surface area contributed by atoms with Gasteiger partial charge in [-0.05, 0) is 56.5 Å². The molecule has 1 aliphatic rings. The van der Waals surface area contributed by atoms with E-state index < -0.39 is 0 Å². The first-order chi connectivity index (χ1) is 15.0. The highest BCUT2D eigenvalue weighted by Crippen LogP contribution is 2.30. The van der Waals surface area contributed by atoms with Crippen molar-refractivity contribution in [3.05, 3.63) is 70.4 Å². The zero-order valence-corrected chi connectivity index (χ0v) is 17.1. The van der Waals surface area contributed by atoms with Crippen molar-refractivity contribution in [2.45, 2.75) is 32.6 Å². The van der Waals surface area contributed by atoms with Gasteiger partial charge in [-0.15, -0.1) is 0 Å². The van der Waals surface area contributed by atoms with Gasteiger partial charge in [0.2, 0.25) is 11.8 Å². The Morgan fingerprint density at radius 2 is 1.81 bits per heavy atom. The minimum absolute atomic E-state index is 0.0147. The highest BCUT2D eigenvalue weighted by Gasteiger charge is 2.29. The molecule has 3 aromatic rings. The van der Waals surface area contributed by atoms with Crippen LogP contribution in [-0.2, 0) is 16.0 Å². The molecule has 0 saturated heterocycles. The number of hydrogen-bond acceptors (Lipinski definition) is 5. The number of aromatic nitrogens is 3. The van der Waals surface area contributed by atoms with E-state index in [1.807, 2.05) is 0 Å². The highest BCUT2D eigenvalue weighted by molar-refractivity contribution is 5.96. The van der Waals surface area contributed by atoms with Crippen LogP contribution in [0.1, 0.15) is 30.5 Å². The second-order valence-corrected chi connectivity index (χ2v) is 7.61. The number of H-pyrrole nitrogens is 1. The van der Waals surface area contributed by atoms with Crippen molar-refractivity contribution in [3.63, 3.8) is 0 Å². The number of pyridine rings is 1. The molecule has 0 spiro atoms. The molecule has 1 aliphatic carbocycles. The Kier molecular flexibility index (Phi) is 5.88. The van der Waals surface area contributed by atoms with Crippen molar-refractivity contribution in [3.8, 4) is 11.4 Å². The second kappa shape index (κ2) is 8.91. The molecule has 31 heavy (non-hydrogen) atoms. The molecule has 0 bridgehead atoms. The number of carbonyl (C=O) groups is 2. The van der Waals surface area contributed by atoms with E-state index in [9.17, 15) is 14.4 Å². The van der Waals surface area contributed by atoms with Crippen LogP contribution in [0, 0.1) is 12.8 Å². The Balaban J connectivity index is 1.38. The molecule has 0 aliphatic heterocycles. The molecule has 0 radical (unpaired) electrons. The number of amides is 2. The van der Waals surface area contributed by atoms with Crippen molar-refractivity contribution in [1.29, 1.82) is 0 Å². The topological polar surface area (TPSA) is 117 Å². The van der Waals surface area contributed by atoms with Crippen LogP contribution < -0.4 is 16.2 Å². The summed E-state index contributed by atoms with van der Waals surface area (Å²) in [6, 6.07) is 10.6.